The maximum absolute atomic E-state index is 6.12. The van der Waals surface area contributed by atoms with Crippen LogP contribution in [0.3, 0.4) is 0 Å². The first-order chi connectivity index (χ1) is 7.11. The number of nitrogens with zero attached hydrogens (tertiary/aromatic N) is 2. The summed E-state index contributed by atoms with van der Waals surface area (Å²) in [7, 11) is 0. The Hall–Kier alpha value is -0.800. The number of halogens is 1. The maximum Gasteiger partial charge on any atom is 0.189 e. The first-order valence-electron chi connectivity index (χ1n) is 4.60. The number of hydrogen-bond donors (Lipinski definition) is 0. The molecule has 0 aliphatic rings. The summed E-state index contributed by atoms with van der Waals surface area (Å²) in [5.74, 6) is 0. The van der Waals surface area contributed by atoms with Gasteiger partial charge in [-0.25, -0.2) is 9.97 Å². The Kier molecular flexibility index (Phi) is 2.85. The Morgan fingerprint density at radius 3 is 2.60 bits per heavy atom. The highest BCUT2D eigenvalue weighted by Crippen LogP contribution is 2.26. The monoisotopic (exact) mass is 238 g/mol. The Bertz CT molecular complexity index is 525. The summed E-state index contributed by atoms with van der Waals surface area (Å²) < 4.78 is 0. The molecule has 1 heterocycles. The van der Waals surface area contributed by atoms with Crippen molar-refractivity contribution in [2.24, 2.45) is 0 Å². The highest BCUT2D eigenvalue weighted by atomic mass is 35.5. The van der Waals surface area contributed by atoms with Crippen molar-refractivity contribution < 1.29 is 0 Å². The molecule has 0 amide bonds. The molecule has 0 radical (unpaired) electrons. The van der Waals surface area contributed by atoms with Crippen LogP contribution in [0, 0.1) is 13.8 Å². The highest BCUT2D eigenvalue weighted by molar-refractivity contribution is 7.98. The average Bonchev–Trinajstić information content (AvgIpc) is 2.19. The van der Waals surface area contributed by atoms with Crippen molar-refractivity contribution in [1.82, 2.24) is 9.97 Å². The Morgan fingerprint density at radius 2 is 1.93 bits per heavy atom. The number of aryl methyl sites for hydroxylation is 2. The van der Waals surface area contributed by atoms with E-state index in [0.717, 1.165) is 21.6 Å². The van der Waals surface area contributed by atoms with Gasteiger partial charge in [0.25, 0.3) is 0 Å². The molecule has 0 N–H and O–H groups in total. The average molecular weight is 239 g/mol. The van der Waals surface area contributed by atoms with Crippen LogP contribution in [0.5, 0.6) is 0 Å². The van der Waals surface area contributed by atoms with Crippen LogP contribution >= 0.6 is 23.4 Å². The summed E-state index contributed by atoms with van der Waals surface area (Å²) in [6.45, 7) is 4.09. The molecule has 1 aromatic heterocycles. The second-order valence-corrected chi connectivity index (χ2v) is 4.61. The number of thioether (sulfide) groups is 1. The molecular weight excluding hydrogens is 228 g/mol. The lowest BCUT2D eigenvalue weighted by Crippen LogP contribution is -1.92. The van der Waals surface area contributed by atoms with E-state index in [9.17, 15) is 0 Å². The molecule has 0 unspecified atom stereocenters. The minimum Gasteiger partial charge on any atom is -0.222 e. The standard InChI is InChI=1S/C11H11ClN2S/c1-6-4-7(2)9-8(5-6)10(12)14-11(13-9)15-3/h4-5H,1-3H3. The maximum atomic E-state index is 6.12. The molecule has 0 atom stereocenters. The third-order valence-electron chi connectivity index (χ3n) is 2.25. The molecule has 0 bridgehead atoms. The van der Waals surface area contributed by atoms with Crippen molar-refractivity contribution >= 4 is 34.3 Å². The highest BCUT2D eigenvalue weighted by Gasteiger charge is 2.07. The zero-order chi connectivity index (χ0) is 11.0. The van der Waals surface area contributed by atoms with Crippen LogP contribution in [0.1, 0.15) is 11.1 Å². The van der Waals surface area contributed by atoms with E-state index in [1.165, 1.54) is 17.3 Å². The van der Waals surface area contributed by atoms with E-state index < -0.39 is 0 Å². The van der Waals surface area contributed by atoms with Gasteiger partial charge in [-0.05, 0) is 31.7 Å². The van der Waals surface area contributed by atoms with Gasteiger partial charge >= 0.3 is 0 Å². The SMILES string of the molecule is CSc1nc(Cl)c2cc(C)cc(C)c2n1. The van der Waals surface area contributed by atoms with Crippen LogP contribution in [-0.2, 0) is 0 Å². The fourth-order valence-electron chi connectivity index (χ4n) is 1.62. The van der Waals surface area contributed by atoms with E-state index in [4.69, 9.17) is 11.6 Å². The van der Waals surface area contributed by atoms with Gasteiger partial charge < -0.3 is 0 Å². The van der Waals surface area contributed by atoms with Crippen LogP contribution in [0.4, 0.5) is 0 Å². The third-order valence-corrected chi connectivity index (χ3v) is 3.09. The van der Waals surface area contributed by atoms with Crippen molar-refractivity contribution in [3.05, 3.63) is 28.4 Å². The van der Waals surface area contributed by atoms with E-state index in [1.54, 1.807) is 0 Å². The Labute approximate surface area is 98.1 Å². The van der Waals surface area contributed by atoms with E-state index in [0.29, 0.717) is 5.15 Å². The molecule has 0 spiro atoms. The summed E-state index contributed by atoms with van der Waals surface area (Å²) in [5, 5.41) is 2.20. The first kappa shape index (κ1) is 10.7. The van der Waals surface area contributed by atoms with Gasteiger partial charge in [-0.3, -0.25) is 0 Å². The fraction of sp³-hybridized carbons (Fsp3) is 0.273. The lowest BCUT2D eigenvalue weighted by atomic mass is 10.1. The van der Waals surface area contributed by atoms with Crippen molar-refractivity contribution in [3.63, 3.8) is 0 Å². The molecule has 0 aliphatic heterocycles. The number of aromatic nitrogens is 2. The Balaban J connectivity index is 2.85. The largest absolute Gasteiger partial charge is 0.222 e. The second kappa shape index (κ2) is 3.99. The van der Waals surface area contributed by atoms with Gasteiger partial charge in [0.1, 0.15) is 5.15 Å². The molecule has 0 saturated carbocycles. The fourth-order valence-corrected chi connectivity index (χ4v) is 2.26. The number of benzene rings is 1. The topological polar surface area (TPSA) is 25.8 Å². The molecule has 1 aromatic carbocycles. The van der Waals surface area contributed by atoms with Crippen molar-refractivity contribution in [1.29, 1.82) is 0 Å². The lowest BCUT2D eigenvalue weighted by Gasteiger charge is -2.06. The van der Waals surface area contributed by atoms with Crippen LogP contribution < -0.4 is 0 Å². The predicted molar refractivity (Wildman–Crippen MR) is 65.8 cm³/mol. The van der Waals surface area contributed by atoms with Crippen LogP contribution in [-0.4, -0.2) is 16.2 Å². The number of rotatable bonds is 1. The predicted octanol–water partition coefficient (Wildman–Crippen LogP) is 3.62. The summed E-state index contributed by atoms with van der Waals surface area (Å²) in [5.41, 5.74) is 3.27. The van der Waals surface area contributed by atoms with E-state index in [2.05, 4.69) is 16.0 Å². The normalized spacial score (nSPS) is 10.9. The van der Waals surface area contributed by atoms with Gasteiger partial charge in [-0.2, -0.15) is 0 Å². The molecule has 2 nitrogen and oxygen atoms in total. The molecule has 0 aliphatic carbocycles. The number of fused-ring (bicyclic) bond motifs is 1. The number of hydrogen-bond acceptors (Lipinski definition) is 3. The smallest absolute Gasteiger partial charge is 0.189 e. The van der Waals surface area contributed by atoms with Crippen molar-refractivity contribution in [2.75, 3.05) is 6.26 Å². The van der Waals surface area contributed by atoms with Crippen molar-refractivity contribution in [3.8, 4) is 0 Å². The molecule has 2 aromatic rings. The van der Waals surface area contributed by atoms with Gasteiger partial charge in [0, 0.05) is 5.39 Å². The van der Waals surface area contributed by atoms with Crippen LogP contribution in [0.15, 0.2) is 17.3 Å². The molecule has 78 valence electrons. The molecule has 0 fully saturated rings. The van der Waals surface area contributed by atoms with Crippen LogP contribution in [0.2, 0.25) is 5.15 Å². The van der Waals surface area contributed by atoms with E-state index >= 15 is 0 Å². The molecule has 2 rings (SSSR count). The van der Waals surface area contributed by atoms with Gasteiger partial charge in [0.2, 0.25) is 0 Å². The first-order valence-corrected chi connectivity index (χ1v) is 6.20. The summed E-state index contributed by atoms with van der Waals surface area (Å²) in [6, 6.07) is 4.13. The van der Waals surface area contributed by atoms with Crippen molar-refractivity contribution in [2.45, 2.75) is 19.0 Å². The zero-order valence-corrected chi connectivity index (χ0v) is 10.4. The van der Waals surface area contributed by atoms with E-state index in [-0.39, 0.29) is 0 Å². The Morgan fingerprint density at radius 1 is 1.20 bits per heavy atom. The van der Waals surface area contributed by atoms with Gasteiger partial charge in [0.05, 0.1) is 5.52 Å². The molecular formula is C11H11ClN2S. The minimum atomic E-state index is 0.538. The minimum absolute atomic E-state index is 0.538. The van der Waals surface area contributed by atoms with Gasteiger partial charge in [0.15, 0.2) is 5.16 Å². The second-order valence-electron chi connectivity index (χ2n) is 3.48. The zero-order valence-electron chi connectivity index (χ0n) is 8.84. The summed E-state index contributed by atoms with van der Waals surface area (Å²) in [4.78, 5) is 8.68. The quantitative estimate of drug-likeness (QED) is 0.431. The van der Waals surface area contributed by atoms with E-state index in [1.807, 2.05) is 26.2 Å². The van der Waals surface area contributed by atoms with Gasteiger partial charge in [-0.15, -0.1) is 0 Å². The molecule has 0 saturated heterocycles. The third kappa shape index (κ3) is 1.94. The summed E-state index contributed by atoms with van der Waals surface area (Å²) in [6.07, 6.45) is 1.95. The molecule has 4 heteroatoms. The van der Waals surface area contributed by atoms with Crippen LogP contribution in [0.25, 0.3) is 10.9 Å². The van der Waals surface area contributed by atoms with Gasteiger partial charge in [-0.1, -0.05) is 35.0 Å². The lowest BCUT2D eigenvalue weighted by molar-refractivity contribution is 1.00. The summed E-state index contributed by atoms with van der Waals surface area (Å²) >= 11 is 7.62. The molecule has 15 heavy (non-hydrogen) atoms.